The van der Waals surface area contributed by atoms with Gasteiger partial charge in [-0.05, 0) is 36.4 Å². The van der Waals surface area contributed by atoms with Gasteiger partial charge in [-0.3, -0.25) is 9.78 Å². The molecule has 32 heavy (non-hydrogen) atoms. The third-order valence-corrected chi connectivity index (χ3v) is 6.70. The molecule has 3 heterocycles. The van der Waals surface area contributed by atoms with E-state index in [4.69, 9.17) is 9.47 Å². The van der Waals surface area contributed by atoms with Crippen molar-refractivity contribution in [3.8, 4) is 22.9 Å². The van der Waals surface area contributed by atoms with Crippen LogP contribution in [0.2, 0.25) is 25.7 Å². The SMILES string of the molecule is C[Si](C)(C)CCOCn1nccc1-c1ccc(Oc2ccc3cc(C=O)cnc3c2)nc1. The predicted octanol–water partition coefficient (Wildman–Crippen LogP) is 5.41. The van der Waals surface area contributed by atoms with Gasteiger partial charge in [0.2, 0.25) is 5.88 Å². The molecular weight excluding hydrogens is 420 g/mol. The Morgan fingerprint density at radius 1 is 1.03 bits per heavy atom. The zero-order chi connectivity index (χ0) is 22.6. The average Bonchev–Trinajstić information content (AvgIpc) is 3.25. The van der Waals surface area contributed by atoms with Crippen LogP contribution in [0.25, 0.3) is 22.2 Å². The quantitative estimate of drug-likeness (QED) is 0.194. The lowest BCUT2D eigenvalue weighted by atomic mass is 10.1. The van der Waals surface area contributed by atoms with E-state index >= 15 is 0 Å². The Hall–Kier alpha value is -3.36. The van der Waals surface area contributed by atoms with Gasteiger partial charge in [0.1, 0.15) is 12.5 Å². The number of aldehydes is 1. The van der Waals surface area contributed by atoms with Gasteiger partial charge >= 0.3 is 0 Å². The van der Waals surface area contributed by atoms with Crippen LogP contribution in [0.1, 0.15) is 10.4 Å². The summed E-state index contributed by atoms with van der Waals surface area (Å²) in [6, 6.07) is 14.2. The lowest BCUT2D eigenvalue weighted by Crippen LogP contribution is -2.22. The molecule has 8 heteroatoms. The second-order valence-electron chi connectivity index (χ2n) is 8.79. The van der Waals surface area contributed by atoms with Crippen molar-refractivity contribution in [1.29, 1.82) is 0 Å². The van der Waals surface area contributed by atoms with Crippen LogP contribution >= 0.6 is 0 Å². The monoisotopic (exact) mass is 446 g/mol. The molecule has 0 spiro atoms. The van der Waals surface area contributed by atoms with Crippen molar-refractivity contribution < 1.29 is 14.3 Å². The molecule has 0 saturated heterocycles. The first-order valence-corrected chi connectivity index (χ1v) is 14.2. The number of carbonyl (C=O) groups is 1. The van der Waals surface area contributed by atoms with Crippen LogP contribution in [0.5, 0.6) is 11.6 Å². The van der Waals surface area contributed by atoms with Gasteiger partial charge in [0.05, 0.1) is 11.2 Å². The summed E-state index contributed by atoms with van der Waals surface area (Å²) in [6.45, 7) is 8.17. The number of pyridine rings is 2. The molecule has 7 nitrogen and oxygen atoms in total. The number of ether oxygens (including phenoxy) is 2. The molecule has 0 aliphatic heterocycles. The molecule has 4 rings (SSSR count). The summed E-state index contributed by atoms with van der Waals surface area (Å²) in [7, 11) is -1.11. The molecule has 3 aromatic heterocycles. The standard InChI is InChI=1S/C24H26N4O3Si/c1-32(2,3)11-10-30-17-28-23(8-9-27-28)20-5-7-24(26-15-20)31-21-6-4-19-12-18(16-29)14-25-22(19)13-21/h4-9,12-16H,10-11,17H2,1-3H3. The smallest absolute Gasteiger partial charge is 0.219 e. The first-order chi connectivity index (χ1) is 15.4. The fraction of sp³-hybridized carbons (Fsp3) is 0.250. The number of nitrogens with zero attached hydrogens (tertiary/aromatic N) is 4. The minimum absolute atomic E-state index is 0.418. The lowest BCUT2D eigenvalue weighted by Gasteiger charge is -2.16. The van der Waals surface area contributed by atoms with Gasteiger partial charge in [-0.1, -0.05) is 19.6 Å². The van der Waals surface area contributed by atoms with Crippen LogP contribution in [-0.2, 0) is 11.5 Å². The van der Waals surface area contributed by atoms with Crippen molar-refractivity contribution in [1.82, 2.24) is 19.7 Å². The maximum atomic E-state index is 10.9. The third-order valence-electron chi connectivity index (χ3n) is 4.99. The number of hydrogen-bond acceptors (Lipinski definition) is 6. The lowest BCUT2D eigenvalue weighted by molar-refractivity contribution is 0.0798. The van der Waals surface area contributed by atoms with Crippen molar-refractivity contribution in [2.24, 2.45) is 0 Å². The van der Waals surface area contributed by atoms with Crippen molar-refractivity contribution >= 4 is 25.3 Å². The molecule has 0 radical (unpaired) electrons. The third kappa shape index (κ3) is 5.46. The van der Waals surface area contributed by atoms with E-state index in [2.05, 4.69) is 34.7 Å². The fourth-order valence-electron chi connectivity index (χ4n) is 3.17. The zero-order valence-corrected chi connectivity index (χ0v) is 19.5. The molecule has 1 aromatic carbocycles. The van der Waals surface area contributed by atoms with E-state index in [1.807, 2.05) is 41.1 Å². The van der Waals surface area contributed by atoms with E-state index in [1.54, 1.807) is 24.7 Å². The van der Waals surface area contributed by atoms with Crippen LogP contribution in [0.4, 0.5) is 0 Å². The second kappa shape index (κ2) is 9.42. The van der Waals surface area contributed by atoms with Crippen LogP contribution in [-0.4, -0.2) is 40.7 Å². The largest absolute Gasteiger partial charge is 0.439 e. The molecule has 0 N–H and O–H groups in total. The molecule has 0 aliphatic rings. The van der Waals surface area contributed by atoms with E-state index in [0.717, 1.165) is 41.1 Å². The van der Waals surface area contributed by atoms with Gasteiger partial charge in [-0.2, -0.15) is 5.10 Å². The number of rotatable bonds is 9. The van der Waals surface area contributed by atoms with Crippen molar-refractivity contribution in [2.45, 2.75) is 32.4 Å². The Bertz CT molecular complexity index is 1220. The Labute approximate surface area is 188 Å². The predicted molar refractivity (Wildman–Crippen MR) is 127 cm³/mol. The molecular formula is C24H26N4O3Si. The first-order valence-electron chi connectivity index (χ1n) is 10.5. The normalized spacial score (nSPS) is 11.6. The maximum absolute atomic E-state index is 10.9. The highest BCUT2D eigenvalue weighted by molar-refractivity contribution is 6.76. The molecule has 4 aromatic rings. The fourth-order valence-corrected chi connectivity index (χ4v) is 3.93. The van der Waals surface area contributed by atoms with E-state index < -0.39 is 8.07 Å². The Kier molecular flexibility index (Phi) is 6.43. The van der Waals surface area contributed by atoms with Crippen molar-refractivity contribution in [3.63, 3.8) is 0 Å². The molecule has 0 aliphatic carbocycles. The molecule has 164 valence electrons. The summed E-state index contributed by atoms with van der Waals surface area (Å²) in [5.74, 6) is 1.11. The summed E-state index contributed by atoms with van der Waals surface area (Å²) >= 11 is 0. The summed E-state index contributed by atoms with van der Waals surface area (Å²) in [5.41, 5.74) is 3.18. The van der Waals surface area contributed by atoms with E-state index in [1.165, 1.54) is 0 Å². The maximum Gasteiger partial charge on any atom is 0.219 e. The minimum atomic E-state index is -1.11. The number of benzene rings is 1. The van der Waals surface area contributed by atoms with Gasteiger partial charge < -0.3 is 9.47 Å². The Morgan fingerprint density at radius 3 is 2.66 bits per heavy atom. The average molecular weight is 447 g/mol. The molecule has 0 fully saturated rings. The molecule has 0 atom stereocenters. The number of hydrogen-bond donors (Lipinski definition) is 0. The number of carbonyl (C=O) groups excluding carboxylic acids is 1. The number of fused-ring (bicyclic) bond motifs is 1. The van der Waals surface area contributed by atoms with Crippen molar-refractivity contribution in [2.75, 3.05) is 6.61 Å². The zero-order valence-electron chi connectivity index (χ0n) is 18.5. The van der Waals surface area contributed by atoms with Gasteiger partial charge in [-0.15, -0.1) is 0 Å². The van der Waals surface area contributed by atoms with E-state index in [-0.39, 0.29) is 0 Å². The topological polar surface area (TPSA) is 79.1 Å². The van der Waals surface area contributed by atoms with Gasteiger partial charge in [0, 0.05) is 61.9 Å². The van der Waals surface area contributed by atoms with Gasteiger partial charge in [-0.25, -0.2) is 9.67 Å². The summed E-state index contributed by atoms with van der Waals surface area (Å²) in [6.07, 6.45) is 5.86. The van der Waals surface area contributed by atoms with E-state index in [0.29, 0.717) is 23.9 Å². The highest BCUT2D eigenvalue weighted by atomic mass is 28.3. The Morgan fingerprint density at radius 2 is 1.91 bits per heavy atom. The highest BCUT2D eigenvalue weighted by Crippen LogP contribution is 2.26. The number of aromatic nitrogens is 4. The van der Waals surface area contributed by atoms with Gasteiger partial charge in [0.25, 0.3) is 0 Å². The molecule has 0 amide bonds. The van der Waals surface area contributed by atoms with Crippen LogP contribution < -0.4 is 4.74 Å². The Balaban J connectivity index is 1.42. The second-order valence-corrected chi connectivity index (χ2v) is 14.4. The van der Waals surface area contributed by atoms with Crippen LogP contribution in [0.3, 0.4) is 0 Å². The van der Waals surface area contributed by atoms with Crippen LogP contribution in [0, 0.1) is 0 Å². The highest BCUT2D eigenvalue weighted by Gasteiger charge is 2.13. The first kappa shape index (κ1) is 21.9. The minimum Gasteiger partial charge on any atom is -0.439 e. The van der Waals surface area contributed by atoms with Gasteiger partial charge in [0.15, 0.2) is 6.29 Å². The molecule has 0 unspecified atom stereocenters. The van der Waals surface area contributed by atoms with Crippen LogP contribution in [0.15, 0.2) is 61.1 Å². The van der Waals surface area contributed by atoms with Crippen molar-refractivity contribution in [3.05, 3.63) is 66.6 Å². The molecule has 0 bridgehead atoms. The summed E-state index contributed by atoms with van der Waals surface area (Å²) in [5, 5.41) is 5.25. The summed E-state index contributed by atoms with van der Waals surface area (Å²) in [4.78, 5) is 19.7. The van der Waals surface area contributed by atoms with E-state index in [9.17, 15) is 4.79 Å². The molecule has 0 saturated carbocycles. The summed E-state index contributed by atoms with van der Waals surface area (Å²) < 4.78 is 13.6.